The van der Waals surface area contributed by atoms with Gasteiger partial charge in [-0.1, -0.05) is 30.3 Å². The zero-order chi connectivity index (χ0) is 22.3. The van der Waals surface area contributed by atoms with Crippen molar-refractivity contribution >= 4 is 11.6 Å². The Morgan fingerprint density at radius 1 is 1.09 bits per heavy atom. The summed E-state index contributed by atoms with van der Waals surface area (Å²) in [6.45, 7) is 4.80. The van der Waals surface area contributed by atoms with Crippen LogP contribution in [0.4, 0.5) is 5.69 Å². The third-order valence-corrected chi connectivity index (χ3v) is 5.80. The SMILES string of the molecule is CCOc1ccc(N(CCC#N)C(=O)CN2CCn3cccc3C2c2ccccc2)cc1. The summed E-state index contributed by atoms with van der Waals surface area (Å²) in [6.07, 6.45) is 2.38. The summed E-state index contributed by atoms with van der Waals surface area (Å²) in [7, 11) is 0. The molecule has 6 nitrogen and oxygen atoms in total. The zero-order valence-corrected chi connectivity index (χ0v) is 18.4. The number of aromatic nitrogens is 1. The van der Waals surface area contributed by atoms with Gasteiger partial charge >= 0.3 is 0 Å². The fourth-order valence-corrected chi connectivity index (χ4v) is 4.33. The monoisotopic (exact) mass is 428 g/mol. The first-order valence-corrected chi connectivity index (χ1v) is 11.1. The molecule has 2 aromatic carbocycles. The molecule has 0 aliphatic carbocycles. The molecule has 3 aromatic rings. The van der Waals surface area contributed by atoms with Crippen molar-refractivity contribution in [2.75, 3.05) is 31.1 Å². The third-order valence-electron chi connectivity index (χ3n) is 5.80. The van der Waals surface area contributed by atoms with Gasteiger partial charge in [0.05, 0.1) is 31.7 Å². The number of nitriles is 1. The summed E-state index contributed by atoms with van der Waals surface area (Å²) in [5, 5.41) is 9.13. The van der Waals surface area contributed by atoms with Crippen LogP contribution in [0.25, 0.3) is 0 Å². The van der Waals surface area contributed by atoms with E-state index in [1.165, 1.54) is 11.3 Å². The van der Waals surface area contributed by atoms with Gasteiger partial charge in [-0.15, -0.1) is 0 Å². The predicted molar refractivity (Wildman–Crippen MR) is 124 cm³/mol. The highest BCUT2D eigenvalue weighted by Crippen LogP contribution is 2.32. The molecule has 1 amide bonds. The zero-order valence-electron chi connectivity index (χ0n) is 18.4. The quantitative estimate of drug-likeness (QED) is 0.538. The van der Waals surface area contributed by atoms with E-state index in [1.54, 1.807) is 4.90 Å². The van der Waals surface area contributed by atoms with E-state index in [0.29, 0.717) is 13.2 Å². The lowest BCUT2D eigenvalue weighted by Crippen LogP contribution is -2.46. The molecule has 1 unspecified atom stereocenters. The van der Waals surface area contributed by atoms with Crippen molar-refractivity contribution in [2.45, 2.75) is 25.9 Å². The first-order valence-electron chi connectivity index (χ1n) is 11.1. The Balaban J connectivity index is 1.58. The van der Waals surface area contributed by atoms with Gasteiger partial charge in [-0.2, -0.15) is 5.26 Å². The fourth-order valence-electron chi connectivity index (χ4n) is 4.33. The highest BCUT2D eigenvalue weighted by atomic mass is 16.5. The number of carbonyl (C=O) groups is 1. The Morgan fingerprint density at radius 2 is 1.88 bits per heavy atom. The van der Waals surface area contributed by atoms with Gasteiger partial charge in [0.25, 0.3) is 0 Å². The standard InChI is InChI=1S/C26H28N4O2/c1-2-32-23-13-11-22(12-14-23)30(17-7-15-27)25(31)20-29-19-18-28-16-6-10-24(28)26(29)21-8-4-3-5-9-21/h3-6,8-14,16,26H,2,7,17-20H2,1H3. The van der Waals surface area contributed by atoms with Crippen LogP contribution in [-0.2, 0) is 11.3 Å². The number of rotatable bonds is 8. The van der Waals surface area contributed by atoms with Crippen LogP contribution in [0, 0.1) is 11.3 Å². The lowest BCUT2D eigenvalue weighted by molar-refractivity contribution is -0.120. The number of ether oxygens (including phenoxy) is 1. The minimum atomic E-state index is -0.00894. The van der Waals surface area contributed by atoms with Crippen molar-refractivity contribution < 1.29 is 9.53 Å². The van der Waals surface area contributed by atoms with Crippen molar-refractivity contribution in [3.63, 3.8) is 0 Å². The van der Waals surface area contributed by atoms with E-state index < -0.39 is 0 Å². The fraction of sp³-hybridized carbons (Fsp3) is 0.308. The summed E-state index contributed by atoms with van der Waals surface area (Å²) >= 11 is 0. The molecule has 164 valence electrons. The van der Waals surface area contributed by atoms with E-state index >= 15 is 0 Å². The van der Waals surface area contributed by atoms with Gasteiger partial charge in [0, 0.05) is 37.2 Å². The Hall–Kier alpha value is -3.56. The van der Waals surface area contributed by atoms with Gasteiger partial charge in [-0.3, -0.25) is 9.69 Å². The van der Waals surface area contributed by atoms with E-state index in [-0.39, 0.29) is 24.9 Å². The molecule has 1 atom stereocenters. The molecule has 0 saturated heterocycles. The van der Waals surface area contributed by atoms with Gasteiger partial charge in [-0.25, -0.2) is 0 Å². The second-order valence-electron chi connectivity index (χ2n) is 7.79. The number of hydrogen-bond donors (Lipinski definition) is 0. The molecule has 0 saturated carbocycles. The average Bonchev–Trinajstić information content (AvgIpc) is 3.30. The van der Waals surface area contributed by atoms with Crippen LogP contribution in [0.5, 0.6) is 5.75 Å². The number of amides is 1. The van der Waals surface area contributed by atoms with Crippen LogP contribution in [0.15, 0.2) is 72.9 Å². The molecule has 1 aliphatic rings. The minimum absolute atomic E-state index is 0.00894. The highest BCUT2D eigenvalue weighted by Gasteiger charge is 2.31. The number of anilines is 1. The minimum Gasteiger partial charge on any atom is -0.494 e. The maximum absolute atomic E-state index is 13.5. The number of fused-ring (bicyclic) bond motifs is 1. The molecule has 4 rings (SSSR count). The first-order chi connectivity index (χ1) is 15.7. The van der Waals surface area contributed by atoms with Crippen LogP contribution in [0.1, 0.15) is 30.6 Å². The van der Waals surface area contributed by atoms with Crippen LogP contribution in [0.3, 0.4) is 0 Å². The van der Waals surface area contributed by atoms with E-state index in [0.717, 1.165) is 24.5 Å². The normalized spacial score (nSPS) is 15.6. The summed E-state index contributed by atoms with van der Waals surface area (Å²) in [4.78, 5) is 17.4. The molecule has 0 spiro atoms. The van der Waals surface area contributed by atoms with E-state index in [9.17, 15) is 4.79 Å². The largest absolute Gasteiger partial charge is 0.494 e. The lowest BCUT2D eigenvalue weighted by atomic mass is 10.00. The van der Waals surface area contributed by atoms with Crippen LogP contribution < -0.4 is 9.64 Å². The van der Waals surface area contributed by atoms with Crippen LogP contribution >= 0.6 is 0 Å². The number of carbonyl (C=O) groups excluding carboxylic acids is 1. The average molecular weight is 429 g/mol. The smallest absolute Gasteiger partial charge is 0.241 e. The van der Waals surface area contributed by atoms with Crippen LogP contribution in [-0.4, -0.2) is 41.6 Å². The van der Waals surface area contributed by atoms with Crippen LogP contribution in [0.2, 0.25) is 0 Å². The Morgan fingerprint density at radius 3 is 2.59 bits per heavy atom. The van der Waals surface area contributed by atoms with Crippen molar-refractivity contribution in [3.8, 4) is 11.8 Å². The third kappa shape index (κ3) is 4.68. The van der Waals surface area contributed by atoms with Gasteiger partial charge in [0.1, 0.15) is 5.75 Å². The lowest BCUT2D eigenvalue weighted by Gasteiger charge is -2.38. The molecule has 1 aromatic heterocycles. The van der Waals surface area contributed by atoms with Crippen molar-refractivity contribution in [1.82, 2.24) is 9.47 Å². The molecule has 0 N–H and O–H groups in total. The highest BCUT2D eigenvalue weighted by molar-refractivity contribution is 5.95. The predicted octanol–water partition coefficient (Wildman–Crippen LogP) is 4.24. The Bertz CT molecular complexity index is 1070. The van der Waals surface area contributed by atoms with Gasteiger partial charge < -0.3 is 14.2 Å². The van der Waals surface area contributed by atoms with Crippen molar-refractivity contribution in [3.05, 3.63) is 84.2 Å². The van der Waals surface area contributed by atoms with Crippen molar-refractivity contribution in [1.29, 1.82) is 5.26 Å². The number of hydrogen-bond acceptors (Lipinski definition) is 4. The number of benzene rings is 2. The van der Waals surface area contributed by atoms with E-state index in [1.807, 2.05) is 49.4 Å². The summed E-state index contributed by atoms with van der Waals surface area (Å²) in [5.41, 5.74) is 3.15. The van der Waals surface area contributed by atoms with Crippen molar-refractivity contribution in [2.24, 2.45) is 0 Å². The topological polar surface area (TPSA) is 61.5 Å². The second kappa shape index (κ2) is 10.2. The summed E-state index contributed by atoms with van der Waals surface area (Å²) in [6, 6.07) is 24.2. The molecular weight excluding hydrogens is 400 g/mol. The van der Waals surface area contributed by atoms with E-state index in [2.05, 4.69) is 46.0 Å². The van der Waals surface area contributed by atoms with Gasteiger partial charge in [-0.05, 0) is 48.9 Å². The maximum Gasteiger partial charge on any atom is 0.241 e. The molecule has 0 bridgehead atoms. The Kier molecular flexibility index (Phi) is 6.88. The molecule has 32 heavy (non-hydrogen) atoms. The molecule has 2 heterocycles. The molecule has 0 fully saturated rings. The Labute approximate surface area is 189 Å². The summed E-state index contributed by atoms with van der Waals surface area (Å²) in [5.74, 6) is 0.759. The molecule has 0 radical (unpaired) electrons. The molecular formula is C26H28N4O2. The van der Waals surface area contributed by atoms with Gasteiger partial charge in [0.15, 0.2) is 0 Å². The van der Waals surface area contributed by atoms with Gasteiger partial charge in [0.2, 0.25) is 5.91 Å². The second-order valence-corrected chi connectivity index (χ2v) is 7.79. The van der Waals surface area contributed by atoms with E-state index in [4.69, 9.17) is 10.00 Å². The first kappa shape index (κ1) is 21.7. The number of nitrogens with zero attached hydrogens (tertiary/aromatic N) is 4. The summed E-state index contributed by atoms with van der Waals surface area (Å²) < 4.78 is 7.79. The maximum atomic E-state index is 13.5. The molecule has 1 aliphatic heterocycles. The molecule has 6 heteroatoms.